The van der Waals surface area contributed by atoms with E-state index in [4.69, 9.17) is 17.3 Å². The molecule has 0 aromatic carbocycles. The highest BCUT2D eigenvalue weighted by Gasteiger charge is 2.37. The Morgan fingerprint density at radius 3 is 2.72 bits per heavy atom. The van der Waals surface area contributed by atoms with Gasteiger partial charge in [-0.1, -0.05) is 11.6 Å². The summed E-state index contributed by atoms with van der Waals surface area (Å²) in [7, 11) is 0. The molecule has 0 bridgehead atoms. The van der Waals surface area contributed by atoms with Gasteiger partial charge in [0.25, 0.3) is 5.91 Å². The van der Waals surface area contributed by atoms with Crippen molar-refractivity contribution in [2.45, 2.75) is 13.5 Å². The van der Waals surface area contributed by atoms with Gasteiger partial charge in [0.2, 0.25) is 5.95 Å². The fraction of sp³-hybridized carbons (Fsp3) is 0.105. The van der Waals surface area contributed by atoms with E-state index in [0.29, 0.717) is 22.6 Å². The number of aromatic carboxylic acids is 1. The second kappa shape index (κ2) is 7.02. The molecule has 1 amide bonds. The first-order valence-corrected chi connectivity index (χ1v) is 8.91. The third kappa shape index (κ3) is 3.21. The Bertz CT molecular complexity index is 1170. The molecule has 4 rings (SSSR count). The van der Waals surface area contributed by atoms with Crippen LogP contribution in [0.1, 0.15) is 32.7 Å². The zero-order valence-corrected chi connectivity index (χ0v) is 15.9. The molecule has 10 heteroatoms. The molecule has 1 aliphatic rings. The molecule has 0 saturated heterocycles. The molecule has 3 aromatic rings. The largest absolute Gasteiger partial charge is 0.478 e. The number of carbonyl (C=O) groups is 2. The molecule has 0 radical (unpaired) electrons. The number of aromatic nitrogens is 4. The predicted molar refractivity (Wildman–Crippen MR) is 107 cm³/mol. The lowest BCUT2D eigenvalue weighted by atomic mass is 10.1. The number of rotatable bonds is 4. The van der Waals surface area contributed by atoms with Gasteiger partial charge in [-0.15, -0.1) is 0 Å². The summed E-state index contributed by atoms with van der Waals surface area (Å²) in [5.74, 6) is -1.15. The maximum atomic E-state index is 13.2. The molecular weight excluding hydrogens is 396 g/mol. The third-order valence-corrected chi connectivity index (χ3v) is 4.93. The number of hydrogen-bond donors (Lipinski definition) is 3. The van der Waals surface area contributed by atoms with Crippen LogP contribution in [-0.2, 0) is 11.3 Å². The van der Waals surface area contributed by atoms with Gasteiger partial charge in [0, 0.05) is 24.3 Å². The number of carboxylic acids is 1. The minimum Gasteiger partial charge on any atom is -0.478 e. The highest BCUT2D eigenvalue weighted by atomic mass is 35.5. The Hall–Kier alpha value is -3.72. The molecular formula is C19H15ClN6O3. The van der Waals surface area contributed by atoms with Gasteiger partial charge in [0.1, 0.15) is 5.15 Å². The standard InChI is InChI=1S/C19H15ClN6O3/c1-9-12(18(28)29)7-23-13(9)6-11-14-15(20)24-19(21)25-16(14)26(17(11)27)8-10-2-4-22-5-3-10/h2-7,23H,8H2,1H3,(H,28,29)(H2,21,24,25)/b11-6-. The summed E-state index contributed by atoms with van der Waals surface area (Å²) in [5, 5.41) is 9.30. The molecule has 0 aliphatic carbocycles. The summed E-state index contributed by atoms with van der Waals surface area (Å²) in [4.78, 5) is 41.0. The maximum Gasteiger partial charge on any atom is 0.337 e. The third-order valence-electron chi connectivity index (χ3n) is 4.65. The maximum absolute atomic E-state index is 13.2. The van der Waals surface area contributed by atoms with E-state index in [0.717, 1.165) is 5.56 Å². The number of hydrogen-bond acceptors (Lipinski definition) is 6. The number of nitrogens with one attached hydrogen (secondary N) is 1. The number of nitrogen functional groups attached to an aromatic ring is 1. The molecule has 1 aliphatic heterocycles. The highest BCUT2D eigenvalue weighted by molar-refractivity contribution is 6.41. The molecule has 9 nitrogen and oxygen atoms in total. The Morgan fingerprint density at radius 1 is 1.34 bits per heavy atom. The number of nitrogens with two attached hydrogens (primary N) is 1. The molecule has 0 fully saturated rings. The van der Waals surface area contributed by atoms with Crippen LogP contribution in [-0.4, -0.2) is 36.9 Å². The first kappa shape index (κ1) is 18.6. The fourth-order valence-electron chi connectivity index (χ4n) is 3.19. The Kier molecular flexibility index (Phi) is 4.51. The number of H-pyrrole nitrogens is 1. The predicted octanol–water partition coefficient (Wildman–Crippen LogP) is 2.53. The van der Waals surface area contributed by atoms with E-state index < -0.39 is 5.97 Å². The first-order valence-electron chi connectivity index (χ1n) is 8.54. The molecule has 0 spiro atoms. The zero-order valence-electron chi connectivity index (χ0n) is 15.2. The second-order valence-electron chi connectivity index (χ2n) is 6.42. The van der Waals surface area contributed by atoms with E-state index in [9.17, 15) is 14.7 Å². The van der Waals surface area contributed by atoms with Crippen LogP contribution in [0.2, 0.25) is 5.15 Å². The van der Waals surface area contributed by atoms with E-state index in [-0.39, 0.29) is 34.7 Å². The number of nitrogens with zero attached hydrogens (tertiary/aromatic N) is 4. The van der Waals surface area contributed by atoms with Gasteiger partial charge in [-0.05, 0) is 36.3 Å². The van der Waals surface area contributed by atoms with Gasteiger partial charge in [0.15, 0.2) is 5.82 Å². The molecule has 146 valence electrons. The van der Waals surface area contributed by atoms with Crippen molar-refractivity contribution in [3.8, 4) is 0 Å². The van der Waals surface area contributed by atoms with Crippen LogP contribution in [0.15, 0.2) is 30.7 Å². The second-order valence-corrected chi connectivity index (χ2v) is 6.78. The van der Waals surface area contributed by atoms with Crippen LogP contribution in [0.5, 0.6) is 0 Å². The molecule has 4 N–H and O–H groups in total. The van der Waals surface area contributed by atoms with Crippen molar-refractivity contribution in [3.63, 3.8) is 0 Å². The normalized spacial score (nSPS) is 14.5. The van der Waals surface area contributed by atoms with E-state index in [1.807, 2.05) is 0 Å². The minimum atomic E-state index is -1.06. The van der Waals surface area contributed by atoms with Crippen molar-refractivity contribution in [3.05, 3.63) is 63.8 Å². The van der Waals surface area contributed by atoms with Crippen molar-refractivity contribution in [2.24, 2.45) is 0 Å². The Morgan fingerprint density at radius 2 is 2.07 bits per heavy atom. The van der Waals surface area contributed by atoms with E-state index >= 15 is 0 Å². The fourth-order valence-corrected chi connectivity index (χ4v) is 3.47. The molecule has 3 aromatic heterocycles. The van der Waals surface area contributed by atoms with Gasteiger partial charge in [-0.25, -0.2) is 9.78 Å². The number of amides is 1. The summed E-state index contributed by atoms with van der Waals surface area (Å²) in [6, 6.07) is 3.57. The van der Waals surface area contributed by atoms with Crippen LogP contribution in [0.4, 0.5) is 11.8 Å². The lowest BCUT2D eigenvalue weighted by molar-refractivity contribution is -0.113. The van der Waals surface area contributed by atoms with Crippen molar-refractivity contribution < 1.29 is 14.7 Å². The number of halogens is 1. The monoisotopic (exact) mass is 410 g/mol. The average molecular weight is 411 g/mol. The Balaban J connectivity index is 1.84. The number of pyridine rings is 1. The lowest BCUT2D eigenvalue weighted by Gasteiger charge is -2.16. The molecule has 0 unspecified atom stereocenters. The van der Waals surface area contributed by atoms with Gasteiger partial charge in [0.05, 0.1) is 23.2 Å². The van der Waals surface area contributed by atoms with Crippen LogP contribution in [0.3, 0.4) is 0 Å². The summed E-state index contributed by atoms with van der Waals surface area (Å²) >= 11 is 6.30. The van der Waals surface area contributed by atoms with Crippen LogP contribution in [0.25, 0.3) is 11.6 Å². The number of aromatic amines is 1. The number of carbonyl (C=O) groups excluding carboxylic acids is 1. The topological polar surface area (TPSA) is 138 Å². The molecule has 0 atom stereocenters. The quantitative estimate of drug-likeness (QED) is 0.443. The Labute approximate surface area is 169 Å². The SMILES string of the molecule is Cc1c(C(=O)O)c[nH]c1/C=C1\C(=O)N(Cc2ccncc2)c2nc(N)nc(Cl)c21. The number of carboxylic acid groups (broad SMARTS) is 1. The number of fused-ring (bicyclic) bond motifs is 1. The lowest BCUT2D eigenvalue weighted by Crippen LogP contribution is -2.26. The minimum absolute atomic E-state index is 0.0481. The van der Waals surface area contributed by atoms with Crippen LogP contribution >= 0.6 is 11.6 Å². The van der Waals surface area contributed by atoms with Crippen LogP contribution in [0, 0.1) is 6.92 Å². The van der Waals surface area contributed by atoms with E-state index in [2.05, 4.69) is 19.9 Å². The van der Waals surface area contributed by atoms with Gasteiger partial charge >= 0.3 is 5.97 Å². The first-order chi connectivity index (χ1) is 13.9. The summed E-state index contributed by atoms with van der Waals surface area (Å²) in [5.41, 5.74) is 8.30. The highest BCUT2D eigenvalue weighted by Crippen LogP contribution is 2.41. The molecule has 4 heterocycles. The van der Waals surface area contributed by atoms with Crippen molar-refractivity contribution in [1.29, 1.82) is 0 Å². The summed E-state index contributed by atoms with van der Waals surface area (Å²) < 4.78 is 0. The molecule has 29 heavy (non-hydrogen) atoms. The smallest absolute Gasteiger partial charge is 0.337 e. The van der Waals surface area contributed by atoms with Crippen LogP contribution < -0.4 is 10.6 Å². The van der Waals surface area contributed by atoms with Crippen molar-refractivity contribution in [1.82, 2.24) is 19.9 Å². The average Bonchev–Trinajstić information content (AvgIpc) is 3.16. The summed E-state index contributed by atoms with van der Waals surface area (Å²) in [6.07, 6.45) is 6.19. The van der Waals surface area contributed by atoms with Gasteiger partial charge < -0.3 is 15.8 Å². The van der Waals surface area contributed by atoms with Crippen molar-refractivity contribution in [2.75, 3.05) is 10.6 Å². The van der Waals surface area contributed by atoms with E-state index in [1.54, 1.807) is 37.5 Å². The zero-order chi connectivity index (χ0) is 20.7. The van der Waals surface area contributed by atoms with Gasteiger partial charge in [-0.2, -0.15) is 4.98 Å². The van der Waals surface area contributed by atoms with Crippen molar-refractivity contribution >= 4 is 46.9 Å². The number of anilines is 2. The molecule has 0 saturated carbocycles. The van der Waals surface area contributed by atoms with Gasteiger partial charge in [-0.3, -0.25) is 14.7 Å². The summed E-state index contributed by atoms with van der Waals surface area (Å²) in [6.45, 7) is 1.89. The van der Waals surface area contributed by atoms with E-state index in [1.165, 1.54) is 11.1 Å².